The molecule has 4 aromatic rings. The number of ether oxygens (including phenoxy) is 1. The van der Waals surface area contributed by atoms with E-state index in [-0.39, 0.29) is 18.2 Å². The number of carbonyl (C=O) groups is 2. The monoisotopic (exact) mass is 433 g/mol. The molecule has 0 spiro atoms. The van der Waals surface area contributed by atoms with Crippen molar-refractivity contribution in [1.82, 2.24) is 4.98 Å². The first-order valence-electron chi connectivity index (χ1n) is 9.45. The van der Waals surface area contributed by atoms with Crippen molar-refractivity contribution >= 4 is 34.5 Å². The van der Waals surface area contributed by atoms with E-state index < -0.39 is 0 Å². The fourth-order valence-corrected chi connectivity index (χ4v) is 3.74. The van der Waals surface area contributed by atoms with Crippen LogP contribution in [0.25, 0.3) is 10.8 Å². The molecular formula is C23H19N3O4S. The molecule has 31 heavy (non-hydrogen) atoms. The molecule has 2 N–H and O–H groups in total. The van der Waals surface area contributed by atoms with Crippen LogP contribution in [0.15, 0.2) is 76.7 Å². The molecule has 8 heteroatoms. The summed E-state index contributed by atoms with van der Waals surface area (Å²) in [5.74, 6) is 0.698. The normalized spacial score (nSPS) is 10.5. The van der Waals surface area contributed by atoms with Crippen molar-refractivity contribution < 1.29 is 18.7 Å². The number of amides is 2. The number of nitrogens with one attached hydrogen (secondary N) is 2. The van der Waals surface area contributed by atoms with Gasteiger partial charge in [-0.3, -0.25) is 9.59 Å². The molecule has 2 heterocycles. The number of nitrogens with zero attached hydrogens (tertiary/aromatic N) is 1. The van der Waals surface area contributed by atoms with Crippen molar-refractivity contribution in [3.05, 3.63) is 83.6 Å². The minimum absolute atomic E-state index is 0.0864. The average Bonchev–Trinajstić information content (AvgIpc) is 3.46. The molecule has 2 aromatic heterocycles. The van der Waals surface area contributed by atoms with E-state index >= 15 is 0 Å². The Labute approximate surface area is 182 Å². The zero-order chi connectivity index (χ0) is 21.6. The van der Waals surface area contributed by atoms with Gasteiger partial charge >= 0.3 is 0 Å². The van der Waals surface area contributed by atoms with E-state index in [1.54, 1.807) is 68.0 Å². The third-order valence-electron chi connectivity index (χ3n) is 4.40. The Bertz CT molecular complexity index is 1200. The highest BCUT2D eigenvalue weighted by atomic mass is 32.1. The summed E-state index contributed by atoms with van der Waals surface area (Å²) in [5, 5.41) is 8.16. The van der Waals surface area contributed by atoms with Gasteiger partial charge in [0.1, 0.15) is 5.75 Å². The van der Waals surface area contributed by atoms with Gasteiger partial charge in [0.15, 0.2) is 10.8 Å². The van der Waals surface area contributed by atoms with Gasteiger partial charge in [0, 0.05) is 17.1 Å². The van der Waals surface area contributed by atoms with Crippen LogP contribution >= 0.6 is 11.3 Å². The second-order valence-corrected chi connectivity index (χ2v) is 7.44. The third kappa shape index (κ3) is 4.99. The largest absolute Gasteiger partial charge is 0.497 e. The molecule has 2 aromatic carbocycles. The maximum atomic E-state index is 12.8. The van der Waals surface area contributed by atoms with E-state index in [1.165, 1.54) is 11.3 Å². The van der Waals surface area contributed by atoms with Crippen LogP contribution in [0.1, 0.15) is 16.1 Å². The Morgan fingerprint density at radius 3 is 2.74 bits per heavy atom. The fraction of sp³-hybridized carbons (Fsp3) is 0.0870. The predicted molar refractivity (Wildman–Crippen MR) is 120 cm³/mol. The number of anilines is 2. The van der Waals surface area contributed by atoms with E-state index in [2.05, 4.69) is 15.6 Å². The lowest BCUT2D eigenvalue weighted by atomic mass is 10.1. The number of furan rings is 1. The van der Waals surface area contributed by atoms with Crippen molar-refractivity contribution in [2.24, 2.45) is 0 Å². The molecule has 0 unspecified atom stereocenters. The quantitative estimate of drug-likeness (QED) is 0.435. The van der Waals surface area contributed by atoms with Gasteiger partial charge in [-0.05, 0) is 36.4 Å². The Hall–Kier alpha value is -3.91. The fourth-order valence-electron chi connectivity index (χ4n) is 2.95. The van der Waals surface area contributed by atoms with Gasteiger partial charge in [-0.25, -0.2) is 4.98 Å². The van der Waals surface area contributed by atoms with E-state index in [0.717, 1.165) is 0 Å². The molecule has 2 amide bonds. The van der Waals surface area contributed by atoms with Crippen LogP contribution in [0.3, 0.4) is 0 Å². The van der Waals surface area contributed by atoms with Gasteiger partial charge in [0.2, 0.25) is 5.91 Å². The highest BCUT2D eigenvalue weighted by molar-refractivity contribution is 7.13. The minimum atomic E-state index is -0.335. The SMILES string of the molecule is COc1cccc(NC(=O)c2ccccc2NC(=O)Cc2csc(-c3ccco3)n2)c1. The van der Waals surface area contributed by atoms with Gasteiger partial charge in [-0.2, -0.15) is 0 Å². The van der Waals surface area contributed by atoms with Crippen molar-refractivity contribution in [2.45, 2.75) is 6.42 Å². The molecule has 0 fully saturated rings. The van der Waals surface area contributed by atoms with Crippen molar-refractivity contribution in [2.75, 3.05) is 17.7 Å². The summed E-state index contributed by atoms with van der Waals surface area (Å²) in [4.78, 5) is 29.8. The maximum absolute atomic E-state index is 12.8. The lowest BCUT2D eigenvalue weighted by Crippen LogP contribution is -2.19. The number of hydrogen-bond donors (Lipinski definition) is 2. The number of methoxy groups -OCH3 is 1. The summed E-state index contributed by atoms with van der Waals surface area (Å²) in [5.41, 5.74) is 2.01. The zero-order valence-electron chi connectivity index (χ0n) is 16.6. The molecular weight excluding hydrogens is 414 g/mol. The van der Waals surface area contributed by atoms with E-state index in [1.807, 2.05) is 11.4 Å². The lowest BCUT2D eigenvalue weighted by Gasteiger charge is -2.12. The summed E-state index contributed by atoms with van der Waals surface area (Å²) in [7, 11) is 1.56. The Morgan fingerprint density at radius 1 is 1.06 bits per heavy atom. The molecule has 4 rings (SSSR count). The van der Waals surface area contributed by atoms with Crippen LogP contribution in [-0.2, 0) is 11.2 Å². The summed E-state index contributed by atoms with van der Waals surface area (Å²) in [6.07, 6.45) is 1.67. The number of rotatable bonds is 7. The van der Waals surface area contributed by atoms with Crippen molar-refractivity contribution in [3.63, 3.8) is 0 Å². The van der Waals surface area contributed by atoms with Gasteiger partial charge < -0.3 is 19.8 Å². The smallest absolute Gasteiger partial charge is 0.257 e. The summed E-state index contributed by atoms with van der Waals surface area (Å²) in [6.45, 7) is 0. The molecule has 0 radical (unpaired) electrons. The van der Waals surface area contributed by atoms with Crippen LogP contribution in [0.4, 0.5) is 11.4 Å². The van der Waals surface area contributed by atoms with E-state index in [0.29, 0.717) is 39.1 Å². The first-order valence-corrected chi connectivity index (χ1v) is 10.3. The summed E-state index contributed by atoms with van der Waals surface area (Å²) >= 11 is 1.41. The molecule has 0 saturated carbocycles. The Morgan fingerprint density at radius 2 is 1.94 bits per heavy atom. The molecule has 0 aliphatic carbocycles. The van der Waals surface area contributed by atoms with Crippen LogP contribution < -0.4 is 15.4 Å². The first kappa shape index (κ1) is 20.4. The first-order chi connectivity index (χ1) is 15.1. The average molecular weight is 433 g/mol. The summed E-state index contributed by atoms with van der Waals surface area (Å²) in [6, 6.07) is 17.5. The highest BCUT2D eigenvalue weighted by Gasteiger charge is 2.15. The molecule has 0 bridgehead atoms. The number of hydrogen-bond acceptors (Lipinski definition) is 6. The second kappa shape index (κ2) is 9.27. The highest BCUT2D eigenvalue weighted by Crippen LogP contribution is 2.25. The van der Waals surface area contributed by atoms with Gasteiger partial charge in [0.05, 0.1) is 36.7 Å². The van der Waals surface area contributed by atoms with Gasteiger partial charge in [0.25, 0.3) is 5.91 Å². The van der Waals surface area contributed by atoms with Gasteiger partial charge in [-0.1, -0.05) is 18.2 Å². The molecule has 156 valence electrons. The third-order valence-corrected chi connectivity index (χ3v) is 5.30. The molecule has 7 nitrogen and oxygen atoms in total. The van der Waals surface area contributed by atoms with Crippen molar-refractivity contribution in [1.29, 1.82) is 0 Å². The summed E-state index contributed by atoms with van der Waals surface area (Å²) < 4.78 is 10.5. The number of thiazole rings is 1. The molecule has 0 aliphatic heterocycles. The van der Waals surface area contributed by atoms with Crippen LogP contribution in [0, 0.1) is 0 Å². The topological polar surface area (TPSA) is 93.5 Å². The second-order valence-electron chi connectivity index (χ2n) is 6.58. The van der Waals surface area contributed by atoms with Crippen LogP contribution in [-0.4, -0.2) is 23.9 Å². The predicted octanol–water partition coefficient (Wildman–Crippen LogP) is 4.85. The molecule has 0 atom stereocenters. The number of benzene rings is 2. The lowest BCUT2D eigenvalue weighted by molar-refractivity contribution is -0.115. The Kier molecular flexibility index (Phi) is 6.09. The molecule has 0 saturated heterocycles. The zero-order valence-corrected chi connectivity index (χ0v) is 17.4. The minimum Gasteiger partial charge on any atom is -0.497 e. The maximum Gasteiger partial charge on any atom is 0.257 e. The Balaban J connectivity index is 1.44. The number of para-hydroxylation sites is 1. The standard InChI is InChI=1S/C23H19N3O4S/c1-29-17-7-4-6-15(12-17)24-22(28)18-8-2-3-9-19(18)26-21(27)13-16-14-31-23(25-16)20-10-5-11-30-20/h2-12,14H,13H2,1H3,(H,24,28)(H,26,27). The van der Waals surface area contributed by atoms with Crippen LogP contribution in [0.5, 0.6) is 5.75 Å². The molecule has 0 aliphatic rings. The van der Waals surface area contributed by atoms with Gasteiger partial charge in [-0.15, -0.1) is 11.3 Å². The number of carbonyl (C=O) groups excluding carboxylic acids is 2. The van der Waals surface area contributed by atoms with E-state index in [9.17, 15) is 9.59 Å². The van der Waals surface area contributed by atoms with E-state index in [4.69, 9.17) is 9.15 Å². The van der Waals surface area contributed by atoms with Crippen molar-refractivity contribution in [3.8, 4) is 16.5 Å². The van der Waals surface area contributed by atoms with Crippen LogP contribution in [0.2, 0.25) is 0 Å². The number of aromatic nitrogens is 1.